The topological polar surface area (TPSA) is 83.6 Å². The lowest BCUT2D eigenvalue weighted by Gasteiger charge is -2.25. The Hall–Kier alpha value is -1.33. The molecule has 0 aliphatic heterocycles. The molecule has 0 bridgehead atoms. The number of para-hydroxylation sites is 1. The average Bonchev–Trinajstić information content (AvgIpc) is 2.31. The first-order valence-electron chi connectivity index (χ1n) is 5.91. The van der Waals surface area contributed by atoms with Gasteiger partial charge in [-0.2, -0.15) is 13.2 Å². The molecule has 0 spiro atoms. The molecule has 0 amide bonds. The first kappa shape index (κ1) is 18.7. The lowest BCUT2D eigenvalue weighted by molar-refractivity contribution is -0.137. The number of anilines is 1. The van der Waals surface area contributed by atoms with E-state index in [1.54, 1.807) is 0 Å². The fraction of sp³-hybridized carbons (Fsp3) is 0.455. The lowest BCUT2D eigenvalue weighted by atomic mass is 10.1. The van der Waals surface area contributed by atoms with Crippen molar-refractivity contribution in [1.82, 2.24) is 4.72 Å². The van der Waals surface area contributed by atoms with Gasteiger partial charge in [0.2, 0.25) is 20.0 Å². The van der Waals surface area contributed by atoms with Gasteiger partial charge in [-0.3, -0.25) is 4.31 Å². The van der Waals surface area contributed by atoms with Gasteiger partial charge in [0.05, 0.1) is 23.8 Å². The number of halogens is 3. The van der Waals surface area contributed by atoms with E-state index in [4.69, 9.17) is 0 Å². The van der Waals surface area contributed by atoms with Crippen LogP contribution in [0.2, 0.25) is 0 Å². The van der Waals surface area contributed by atoms with Crippen LogP contribution >= 0.6 is 0 Å². The van der Waals surface area contributed by atoms with E-state index >= 15 is 0 Å². The summed E-state index contributed by atoms with van der Waals surface area (Å²) in [7, 11) is -7.60. The molecule has 11 heteroatoms. The molecule has 126 valence electrons. The number of benzene rings is 1. The van der Waals surface area contributed by atoms with Gasteiger partial charge in [-0.15, -0.1) is 0 Å². The molecule has 0 aliphatic rings. The zero-order valence-electron chi connectivity index (χ0n) is 11.8. The quantitative estimate of drug-likeness (QED) is 0.821. The van der Waals surface area contributed by atoms with Crippen molar-refractivity contribution >= 4 is 25.7 Å². The van der Waals surface area contributed by atoms with Gasteiger partial charge in [-0.05, 0) is 12.1 Å². The highest BCUT2D eigenvalue weighted by molar-refractivity contribution is 7.92. The molecule has 6 nitrogen and oxygen atoms in total. The molecule has 0 atom stereocenters. The Balaban J connectivity index is 3.20. The molecule has 1 N–H and O–H groups in total. The average molecular weight is 360 g/mol. The van der Waals surface area contributed by atoms with Crippen molar-refractivity contribution in [2.45, 2.75) is 6.18 Å². The monoisotopic (exact) mass is 360 g/mol. The first-order valence-corrected chi connectivity index (χ1v) is 9.65. The largest absolute Gasteiger partial charge is 0.418 e. The minimum Gasteiger partial charge on any atom is -0.269 e. The second-order valence-electron chi connectivity index (χ2n) is 4.52. The number of sulfonamides is 2. The molecular formula is C11H15F3N2O4S2. The predicted octanol–water partition coefficient (Wildman–Crippen LogP) is 1.02. The van der Waals surface area contributed by atoms with Crippen LogP contribution in [0.25, 0.3) is 0 Å². The van der Waals surface area contributed by atoms with Gasteiger partial charge in [-0.25, -0.2) is 21.6 Å². The number of alkyl halides is 3. The molecular weight excluding hydrogens is 345 g/mol. The van der Waals surface area contributed by atoms with Crippen LogP contribution in [0.4, 0.5) is 18.9 Å². The number of hydrogen-bond donors (Lipinski definition) is 1. The Morgan fingerprint density at radius 2 is 1.64 bits per heavy atom. The van der Waals surface area contributed by atoms with Crippen molar-refractivity contribution in [2.75, 3.05) is 29.9 Å². The summed E-state index contributed by atoms with van der Waals surface area (Å²) >= 11 is 0. The molecule has 0 fully saturated rings. The Labute approximate surface area is 127 Å². The maximum Gasteiger partial charge on any atom is 0.418 e. The summed E-state index contributed by atoms with van der Waals surface area (Å²) in [5, 5.41) is 0. The second kappa shape index (κ2) is 6.42. The van der Waals surface area contributed by atoms with Crippen molar-refractivity contribution in [3.05, 3.63) is 29.8 Å². The van der Waals surface area contributed by atoms with E-state index in [1.165, 1.54) is 6.07 Å². The Morgan fingerprint density at radius 3 is 2.09 bits per heavy atom. The molecule has 1 rings (SSSR count). The van der Waals surface area contributed by atoms with E-state index in [1.807, 2.05) is 4.72 Å². The SMILES string of the molecule is CS(=O)(=O)NCCN(c1ccccc1C(F)(F)F)S(C)(=O)=O. The molecule has 0 aliphatic carbocycles. The smallest absolute Gasteiger partial charge is 0.269 e. The van der Waals surface area contributed by atoms with Gasteiger partial charge >= 0.3 is 6.18 Å². The molecule has 0 unspecified atom stereocenters. The lowest BCUT2D eigenvalue weighted by Crippen LogP contribution is -2.38. The highest BCUT2D eigenvalue weighted by Gasteiger charge is 2.36. The highest BCUT2D eigenvalue weighted by Crippen LogP contribution is 2.37. The van der Waals surface area contributed by atoms with Crippen LogP contribution in [0.1, 0.15) is 5.56 Å². The van der Waals surface area contributed by atoms with Crippen LogP contribution in [0, 0.1) is 0 Å². The van der Waals surface area contributed by atoms with Crippen LogP contribution in [-0.2, 0) is 26.2 Å². The molecule has 0 radical (unpaired) electrons. The number of nitrogens with one attached hydrogen (secondary N) is 1. The van der Waals surface area contributed by atoms with Crippen molar-refractivity contribution in [1.29, 1.82) is 0 Å². The normalized spacial score (nSPS) is 13.1. The molecule has 1 aromatic rings. The van der Waals surface area contributed by atoms with E-state index < -0.39 is 44.0 Å². The van der Waals surface area contributed by atoms with Gasteiger partial charge in [0.1, 0.15) is 0 Å². The van der Waals surface area contributed by atoms with Crippen molar-refractivity contribution in [3.63, 3.8) is 0 Å². The molecule has 0 saturated heterocycles. The fourth-order valence-electron chi connectivity index (χ4n) is 1.73. The third kappa shape index (κ3) is 5.46. The van der Waals surface area contributed by atoms with E-state index in [9.17, 15) is 30.0 Å². The van der Waals surface area contributed by atoms with Crippen molar-refractivity contribution in [3.8, 4) is 0 Å². The summed E-state index contributed by atoms with van der Waals surface area (Å²) < 4.78 is 86.9. The summed E-state index contributed by atoms with van der Waals surface area (Å²) in [6, 6.07) is 4.19. The van der Waals surface area contributed by atoms with Crippen LogP contribution in [0.5, 0.6) is 0 Å². The number of hydrogen-bond acceptors (Lipinski definition) is 4. The Morgan fingerprint density at radius 1 is 1.09 bits per heavy atom. The maximum absolute atomic E-state index is 13.0. The standard InChI is InChI=1S/C11H15F3N2O4S2/c1-21(17,18)15-7-8-16(22(2,19)20)10-6-4-3-5-9(10)11(12,13)14/h3-6,15H,7-8H2,1-2H3. The molecule has 22 heavy (non-hydrogen) atoms. The number of nitrogens with zero attached hydrogens (tertiary/aromatic N) is 1. The third-order valence-corrected chi connectivity index (χ3v) is 4.47. The minimum absolute atomic E-state index is 0.349. The van der Waals surface area contributed by atoms with Crippen LogP contribution < -0.4 is 9.03 Å². The summed E-state index contributed by atoms with van der Waals surface area (Å²) in [5.74, 6) is 0. The molecule has 0 aromatic heterocycles. The molecule has 0 heterocycles. The Bertz CT molecular complexity index is 730. The summed E-state index contributed by atoms with van der Waals surface area (Å²) in [5.41, 5.74) is -1.66. The fourth-order valence-corrected chi connectivity index (χ4v) is 3.13. The number of rotatable bonds is 6. The minimum atomic E-state index is -4.73. The first-order chi connectivity index (χ1) is 9.82. The van der Waals surface area contributed by atoms with E-state index in [2.05, 4.69) is 0 Å². The van der Waals surface area contributed by atoms with Crippen LogP contribution in [-0.4, -0.2) is 42.4 Å². The summed E-state index contributed by atoms with van der Waals surface area (Å²) in [6.45, 7) is -0.808. The van der Waals surface area contributed by atoms with Gasteiger partial charge in [0.15, 0.2) is 0 Å². The molecule has 0 saturated carbocycles. The highest BCUT2D eigenvalue weighted by atomic mass is 32.2. The van der Waals surface area contributed by atoms with Crippen LogP contribution in [0.3, 0.4) is 0 Å². The zero-order valence-corrected chi connectivity index (χ0v) is 13.4. The van der Waals surface area contributed by atoms with Gasteiger partial charge in [0, 0.05) is 13.1 Å². The maximum atomic E-state index is 13.0. The Kier molecular flexibility index (Phi) is 5.47. The van der Waals surface area contributed by atoms with E-state index in [0.29, 0.717) is 4.31 Å². The van der Waals surface area contributed by atoms with Gasteiger partial charge in [0.25, 0.3) is 0 Å². The summed E-state index contributed by atoms with van der Waals surface area (Å²) in [6.07, 6.45) is -3.12. The van der Waals surface area contributed by atoms with E-state index in [0.717, 1.165) is 30.7 Å². The van der Waals surface area contributed by atoms with Crippen molar-refractivity contribution < 1.29 is 30.0 Å². The summed E-state index contributed by atoms with van der Waals surface area (Å²) in [4.78, 5) is 0. The van der Waals surface area contributed by atoms with Crippen LogP contribution in [0.15, 0.2) is 24.3 Å². The van der Waals surface area contributed by atoms with E-state index in [-0.39, 0.29) is 6.54 Å². The zero-order chi connectivity index (χ0) is 17.2. The van der Waals surface area contributed by atoms with Crippen molar-refractivity contribution in [2.24, 2.45) is 0 Å². The molecule has 1 aromatic carbocycles. The van der Waals surface area contributed by atoms with Gasteiger partial charge in [-0.1, -0.05) is 12.1 Å². The second-order valence-corrected chi connectivity index (χ2v) is 8.26. The third-order valence-electron chi connectivity index (χ3n) is 2.56. The predicted molar refractivity (Wildman–Crippen MR) is 76.5 cm³/mol. The van der Waals surface area contributed by atoms with Gasteiger partial charge < -0.3 is 0 Å².